The number of amides is 1. The van der Waals surface area contributed by atoms with Gasteiger partial charge in [0.15, 0.2) is 0 Å². The molecule has 0 unspecified atom stereocenters. The van der Waals surface area contributed by atoms with Crippen LogP contribution in [0.1, 0.15) is 15.9 Å². The van der Waals surface area contributed by atoms with Crippen molar-refractivity contribution in [2.24, 2.45) is 0 Å². The van der Waals surface area contributed by atoms with E-state index in [2.05, 4.69) is 0 Å². The molecule has 6 nitrogen and oxygen atoms in total. The summed E-state index contributed by atoms with van der Waals surface area (Å²) in [6.07, 6.45) is 0. The third-order valence-corrected chi connectivity index (χ3v) is 5.99. The first kappa shape index (κ1) is 23.4. The van der Waals surface area contributed by atoms with Crippen molar-refractivity contribution in [3.63, 3.8) is 0 Å². The highest BCUT2D eigenvalue weighted by Gasteiger charge is 2.18. The Morgan fingerprint density at radius 2 is 1.50 bits per heavy atom. The fraction of sp³-hybridized carbons (Fsp3) is 0.208. The van der Waals surface area contributed by atoms with E-state index >= 15 is 0 Å². The summed E-state index contributed by atoms with van der Waals surface area (Å²) in [6.45, 7) is 1.61. The quantitative estimate of drug-likeness (QED) is 0.458. The lowest BCUT2D eigenvalue weighted by atomic mass is 10.1. The zero-order chi connectivity index (χ0) is 23.1. The van der Waals surface area contributed by atoms with E-state index in [1.807, 2.05) is 37.2 Å². The van der Waals surface area contributed by atoms with Gasteiger partial charge in [-0.25, -0.2) is 4.39 Å². The van der Waals surface area contributed by atoms with Crippen LogP contribution in [-0.2, 0) is 16.7 Å². The normalized spacial score (nSPS) is 11.4. The number of hydrogen-bond donors (Lipinski definition) is 0. The summed E-state index contributed by atoms with van der Waals surface area (Å²) in [6, 6.07) is 20.0. The minimum atomic E-state index is -4.07. The van der Waals surface area contributed by atoms with E-state index < -0.39 is 15.9 Å². The molecule has 0 aliphatic rings. The van der Waals surface area contributed by atoms with Gasteiger partial charge in [0.05, 0.1) is 0 Å². The molecule has 3 aromatic carbocycles. The molecule has 0 atom stereocenters. The molecule has 0 N–H and O–H groups in total. The van der Waals surface area contributed by atoms with Crippen LogP contribution in [0.2, 0.25) is 0 Å². The molecule has 0 saturated carbocycles. The maximum absolute atomic E-state index is 13.0. The third kappa shape index (κ3) is 6.38. The molecule has 32 heavy (non-hydrogen) atoms. The van der Waals surface area contributed by atoms with E-state index in [1.165, 1.54) is 12.1 Å². The molecule has 3 rings (SSSR count). The number of halogens is 1. The van der Waals surface area contributed by atoms with Crippen LogP contribution in [0.15, 0.2) is 83.8 Å². The Kier molecular flexibility index (Phi) is 7.61. The second kappa shape index (κ2) is 10.4. The smallest absolute Gasteiger partial charge is 0.339 e. The van der Waals surface area contributed by atoms with Crippen molar-refractivity contribution >= 4 is 16.0 Å². The Hall–Kier alpha value is -3.23. The summed E-state index contributed by atoms with van der Waals surface area (Å²) in [5, 5.41) is 0. The SMILES string of the molecule is CN(C)CCN(Cc1ccc(OS(=O)(=O)c2ccc(F)cc2)cc1)C(=O)c1ccccc1. The van der Waals surface area contributed by atoms with Gasteiger partial charge in [-0.1, -0.05) is 30.3 Å². The van der Waals surface area contributed by atoms with E-state index in [0.29, 0.717) is 25.2 Å². The predicted molar refractivity (Wildman–Crippen MR) is 120 cm³/mol. The highest BCUT2D eigenvalue weighted by Crippen LogP contribution is 2.20. The molecule has 0 aromatic heterocycles. The fourth-order valence-corrected chi connectivity index (χ4v) is 3.91. The number of nitrogens with zero attached hydrogens (tertiary/aromatic N) is 2. The van der Waals surface area contributed by atoms with Crippen LogP contribution in [0.3, 0.4) is 0 Å². The van der Waals surface area contributed by atoms with Crippen LogP contribution in [0.4, 0.5) is 4.39 Å². The number of likely N-dealkylation sites (N-methyl/N-ethyl adjacent to an activating group) is 1. The molecular weight excluding hydrogens is 431 g/mol. The number of rotatable bonds is 9. The Bertz CT molecular complexity index is 1130. The molecule has 8 heteroatoms. The van der Waals surface area contributed by atoms with Crippen molar-refractivity contribution in [3.05, 3.63) is 95.8 Å². The second-order valence-corrected chi connectivity index (χ2v) is 9.08. The van der Waals surface area contributed by atoms with Gasteiger partial charge in [0, 0.05) is 25.2 Å². The lowest BCUT2D eigenvalue weighted by molar-refractivity contribution is 0.0732. The summed E-state index contributed by atoms with van der Waals surface area (Å²) >= 11 is 0. The summed E-state index contributed by atoms with van der Waals surface area (Å²) in [4.78, 5) is 16.6. The molecule has 0 spiro atoms. The molecule has 0 fully saturated rings. The largest absolute Gasteiger partial charge is 0.379 e. The van der Waals surface area contributed by atoms with Gasteiger partial charge in [-0.05, 0) is 68.2 Å². The third-order valence-electron chi connectivity index (χ3n) is 4.73. The van der Waals surface area contributed by atoms with E-state index in [0.717, 1.165) is 29.8 Å². The maximum atomic E-state index is 13.0. The Labute approximate surface area is 188 Å². The van der Waals surface area contributed by atoms with Crippen molar-refractivity contribution in [2.45, 2.75) is 11.4 Å². The minimum Gasteiger partial charge on any atom is -0.379 e. The topological polar surface area (TPSA) is 66.9 Å². The highest BCUT2D eigenvalue weighted by molar-refractivity contribution is 7.87. The number of carbonyl (C=O) groups excluding carboxylic acids is 1. The van der Waals surface area contributed by atoms with Crippen LogP contribution < -0.4 is 4.18 Å². The van der Waals surface area contributed by atoms with Gasteiger partial charge in [0.2, 0.25) is 0 Å². The second-order valence-electron chi connectivity index (χ2n) is 7.53. The number of carbonyl (C=O) groups is 1. The van der Waals surface area contributed by atoms with Gasteiger partial charge in [-0.3, -0.25) is 4.79 Å². The van der Waals surface area contributed by atoms with Crippen LogP contribution >= 0.6 is 0 Å². The molecule has 0 radical (unpaired) electrons. The zero-order valence-corrected chi connectivity index (χ0v) is 18.8. The molecule has 0 heterocycles. The first-order chi connectivity index (χ1) is 15.2. The van der Waals surface area contributed by atoms with Gasteiger partial charge < -0.3 is 14.0 Å². The highest BCUT2D eigenvalue weighted by atomic mass is 32.2. The van der Waals surface area contributed by atoms with Crippen molar-refractivity contribution in [2.75, 3.05) is 27.2 Å². The lowest BCUT2D eigenvalue weighted by Gasteiger charge is -2.25. The van der Waals surface area contributed by atoms with E-state index in [4.69, 9.17) is 4.18 Å². The van der Waals surface area contributed by atoms with Gasteiger partial charge in [0.1, 0.15) is 16.5 Å². The van der Waals surface area contributed by atoms with E-state index in [9.17, 15) is 17.6 Å². The summed E-state index contributed by atoms with van der Waals surface area (Å²) in [7, 11) is -0.184. The minimum absolute atomic E-state index is 0.0772. The van der Waals surface area contributed by atoms with Crippen molar-refractivity contribution < 1.29 is 21.8 Å². The molecule has 0 bridgehead atoms. The molecule has 1 amide bonds. The summed E-state index contributed by atoms with van der Waals surface area (Å²) in [5.41, 5.74) is 1.44. The van der Waals surface area contributed by atoms with Gasteiger partial charge >= 0.3 is 10.1 Å². The van der Waals surface area contributed by atoms with Crippen LogP contribution in [0, 0.1) is 5.82 Å². The standard InChI is InChI=1S/C24H25FN2O4S/c1-26(2)16-17-27(24(28)20-6-4-3-5-7-20)18-19-8-12-22(13-9-19)31-32(29,30)23-14-10-21(25)11-15-23/h3-15H,16-18H2,1-2H3. The number of benzene rings is 3. The van der Waals surface area contributed by atoms with Crippen molar-refractivity contribution in [1.29, 1.82) is 0 Å². The Morgan fingerprint density at radius 3 is 2.09 bits per heavy atom. The number of hydrogen-bond acceptors (Lipinski definition) is 5. The average molecular weight is 457 g/mol. The van der Waals surface area contributed by atoms with Crippen LogP contribution in [-0.4, -0.2) is 51.3 Å². The molecule has 3 aromatic rings. The van der Waals surface area contributed by atoms with Gasteiger partial charge in [-0.2, -0.15) is 8.42 Å². The van der Waals surface area contributed by atoms with Crippen molar-refractivity contribution in [1.82, 2.24) is 9.80 Å². The monoisotopic (exact) mass is 456 g/mol. The summed E-state index contributed by atoms with van der Waals surface area (Å²) < 4.78 is 42.9. The zero-order valence-electron chi connectivity index (χ0n) is 17.9. The van der Waals surface area contributed by atoms with E-state index in [-0.39, 0.29) is 16.6 Å². The maximum Gasteiger partial charge on any atom is 0.339 e. The lowest BCUT2D eigenvalue weighted by Crippen LogP contribution is -2.36. The van der Waals surface area contributed by atoms with Crippen LogP contribution in [0.25, 0.3) is 0 Å². The first-order valence-electron chi connectivity index (χ1n) is 10.0. The van der Waals surface area contributed by atoms with Gasteiger partial charge in [0.25, 0.3) is 5.91 Å². The Morgan fingerprint density at radius 1 is 0.875 bits per heavy atom. The molecule has 0 aliphatic heterocycles. The molecule has 0 saturated heterocycles. The molecule has 168 valence electrons. The van der Waals surface area contributed by atoms with Gasteiger partial charge in [-0.15, -0.1) is 0 Å². The summed E-state index contributed by atoms with van der Waals surface area (Å²) in [5.74, 6) is -0.476. The fourth-order valence-electron chi connectivity index (χ4n) is 2.98. The molecular formula is C24H25FN2O4S. The molecule has 0 aliphatic carbocycles. The van der Waals surface area contributed by atoms with E-state index in [1.54, 1.807) is 29.2 Å². The van der Waals surface area contributed by atoms with Crippen molar-refractivity contribution in [3.8, 4) is 5.75 Å². The average Bonchev–Trinajstić information content (AvgIpc) is 2.78. The first-order valence-corrected chi connectivity index (χ1v) is 11.4. The van der Waals surface area contributed by atoms with Crippen LogP contribution in [0.5, 0.6) is 5.75 Å². The predicted octanol–water partition coefficient (Wildman–Crippen LogP) is 3.80. The Balaban J connectivity index is 1.72.